The first-order valence-electron chi connectivity index (χ1n) is 2.79. The topological polar surface area (TPSA) is 0 Å². The fourth-order valence-corrected chi connectivity index (χ4v) is 1.53. The van der Waals surface area contributed by atoms with Crippen LogP contribution in [0.25, 0.3) is 0 Å². The second-order valence-electron chi connectivity index (χ2n) is 1.65. The molecule has 0 amide bonds. The normalized spacial score (nSPS) is 9.00. The molecule has 0 radical (unpaired) electrons. The molecule has 52 valence electrons. The van der Waals surface area contributed by atoms with Gasteiger partial charge in [-0.05, 0) is 16.7 Å². The fraction of sp³-hybridized carbons (Fsp3) is 0.429. The van der Waals surface area contributed by atoms with Gasteiger partial charge in [-0.1, -0.05) is 28.6 Å². The van der Waals surface area contributed by atoms with Crippen LogP contribution in [0, 0.1) is 0 Å². The Morgan fingerprint density at radius 3 is 2.78 bits per heavy atom. The predicted molar refractivity (Wildman–Crippen MR) is 50.2 cm³/mol. The number of halogens is 1. The summed E-state index contributed by atoms with van der Waals surface area (Å²) in [7, 11) is 0. The zero-order chi connectivity index (χ0) is 7.11. The molecule has 0 unspecified atom stereocenters. The summed E-state index contributed by atoms with van der Waals surface area (Å²) in [5, 5.41) is 0. The molecular formula is C7H11BrS. The third kappa shape index (κ3) is 8.31. The Kier molecular flexibility index (Phi) is 6.65. The van der Waals surface area contributed by atoms with Gasteiger partial charge in [-0.15, -0.1) is 6.58 Å². The number of hydrogen-bond donors (Lipinski definition) is 0. The first-order chi connectivity index (χ1) is 4.27. The van der Waals surface area contributed by atoms with Crippen LogP contribution in [0.5, 0.6) is 0 Å². The van der Waals surface area contributed by atoms with Gasteiger partial charge in [-0.3, -0.25) is 0 Å². The molecule has 0 rings (SSSR count). The molecule has 0 aliphatic carbocycles. The molecule has 0 N–H and O–H groups in total. The van der Waals surface area contributed by atoms with Crippen molar-refractivity contribution in [2.24, 2.45) is 0 Å². The van der Waals surface area contributed by atoms with Gasteiger partial charge in [-0.2, -0.15) is 11.8 Å². The fourth-order valence-electron chi connectivity index (χ4n) is 0.350. The van der Waals surface area contributed by atoms with Gasteiger partial charge in [0.2, 0.25) is 0 Å². The lowest BCUT2D eigenvalue weighted by Gasteiger charge is -1.94. The summed E-state index contributed by atoms with van der Waals surface area (Å²) in [6.45, 7) is 7.35. The summed E-state index contributed by atoms with van der Waals surface area (Å²) in [5.41, 5.74) is 0. The first-order valence-corrected chi connectivity index (χ1v) is 4.74. The molecule has 0 fully saturated rings. The van der Waals surface area contributed by atoms with Crippen LogP contribution >= 0.6 is 27.7 Å². The zero-order valence-corrected chi connectivity index (χ0v) is 7.80. The third-order valence-electron chi connectivity index (χ3n) is 0.725. The minimum Gasteiger partial charge on any atom is -0.156 e. The molecule has 0 aliphatic rings. The largest absolute Gasteiger partial charge is 0.156 e. The molecule has 0 spiro atoms. The number of thioether (sulfide) groups is 1. The van der Waals surface area contributed by atoms with Crippen molar-refractivity contribution in [1.29, 1.82) is 0 Å². The lowest BCUT2D eigenvalue weighted by Crippen LogP contribution is -1.78. The van der Waals surface area contributed by atoms with E-state index < -0.39 is 0 Å². The molecule has 0 bridgehead atoms. The summed E-state index contributed by atoms with van der Waals surface area (Å²) >= 11 is 5.15. The Morgan fingerprint density at radius 2 is 2.33 bits per heavy atom. The van der Waals surface area contributed by atoms with E-state index in [0.717, 1.165) is 22.4 Å². The lowest BCUT2D eigenvalue weighted by atomic mass is 10.5. The molecule has 0 aliphatic heterocycles. The molecular weight excluding hydrogens is 196 g/mol. The van der Waals surface area contributed by atoms with Crippen LogP contribution in [0.1, 0.15) is 6.42 Å². The molecule has 0 aromatic carbocycles. The van der Waals surface area contributed by atoms with Gasteiger partial charge in [0, 0.05) is 5.75 Å². The Bertz CT molecular complexity index is 99.1. The van der Waals surface area contributed by atoms with Crippen LogP contribution in [0.3, 0.4) is 0 Å². The number of rotatable bonds is 5. The van der Waals surface area contributed by atoms with Crippen molar-refractivity contribution < 1.29 is 0 Å². The van der Waals surface area contributed by atoms with E-state index in [2.05, 4.69) is 29.1 Å². The smallest absolute Gasteiger partial charge is 0.0245 e. The highest BCUT2D eigenvalue weighted by Crippen LogP contribution is 2.11. The first kappa shape index (κ1) is 9.31. The predicted octanol–water partition coefficient (Wildman–Crippen LogP) is 3.20. The Hall–Kier alpha value is 0.310. The van der Waals surface area contributed by atoms with Gasteiger partial charge >= 0.3 is 0 Å². The van der Waals surface area contributed by atoms with E-state index in [1.54, 1.807) is 0 Å². The van der Waals surface area contributed by atoms with Crippen LogP contribution in [0.4, 0.5) is 0 Å². The molecule has 0 atom stereocenters. The van der Waals surface area contributed by atoms with Gasteiger partial charge in [-0.25, -0.2) is 0 Å². The summed E-state index contributed by atoms with van der Waals surface area (Å²) < 4.78 is 1.07. The highest BCUT2D eigenvalue weighted by Gasteiger charge is 1.86. The minimum absolute atomic E-state index is 1.01. The third-order valence-corrected chi connectivity index (χ3v) is 2.45. The Balaban J connectivity index is 2.91. The zero-order valence-electron chi connectivity index (χ0n) is 5.40. The van der Waals surface area contributed by atoms with Gasteiger partial charge < -0.3 is 0 Å². The maximum Gasteiger partial charge on any atom is 0.0245 e. The molecule has 9 heavy (non-hydrogen) atoms. The van der Waals surface area contributed by atoms with Crippen molar-refractivity contribution in [3.63, 3.8) is 0 Å². The monoisotopic (exact) mass is 206 g/mol. The molecule has 0 saturated heterocycles. The van der Waals surface area contributed by atoms with E-state index in [0.29, 0.717) is 0 Å². The van der Waals surface area contributed by atoms with Gasteiger partial charge in [0.05, 0.1) is 0 Å². The van der Waals surface area contributed by atoms with E-state index in [1.165, 1.54) is 0 Å². The molecule has 0 aromatic heterocycles. The van der Waals surface area contributed by atoms with Crippen LogP contribution in [-0.4, -0.2) is 11.5 Å². The average molecular weight is 207 g/mol. The molecule has 0 nitrogen and oxygen atoms in total. The molecule has 0 heterocycles. The quantitative estimate of drug-likeness (QED) is 0.492. The Morgan fingerprint density at radius 1 is 1.67 bits per heavy atom. The molecule has 0 aromatic rings. The highest BCUT2D eigenvalue weighted by atomic mass is 79.9. The van der Waals surface area contributed by atoms with Crippen LogP contribution in [0.15, 0.2) is 23.7 Å². The van der Waals surface area contributed by atoms with Crippen molar-refractivity contribution in [3.8, 4) is 0 Å². The van der Waals surface area contributed by atoms with E-state index >= 15 is 0 Å². The van der Waals surface area contributed by atoms with Crippen molar-refractivity contribution in [2.75, 3.05) is 11.5 Å². The van der Waals surface area contributed by atoms with Crippen molar-refractivity contribution >= 4 is 27.7 Å². The van der Waals surface area contributed by atoms with Crippen molar-refractivity contribution in [2.45, 2.75) is 6.42 Å². The summed E-state index contributed by atoms with van der Waals surface area (Å²) in [6.07, 6.45) is 3.02. The highest BCUT2D eigenvalue weighted by molar-refractivity contribution is 9.11. The number of allylic oxidation sites excluding steroid dienone is 1. The second kappa shape index (κ2) is 6.43. The van der Waals surface area contributed by atoms with E-state index in [-0.39, 0.29) is 0 Å². The van der Waals surface area contributed by atoms with Crippen molar-refractivity contribution in [1.82, 2.24) is 0 Å². The van der Waals surface area contributed by atoms with E-state index in [9.17, 15) is 0 Å². The summed E-state index contributed by atoms with van der Waals surface area (Å²) in [4.78, 5) is 0. The maximum absolute atomic E-state index is 3.72. The average Bonchev–Trinajstić information content (AvgIpc) is 1.80. The SMILES string of the molecule is C=CCCSCC(=C)Br. The number of hydrogen-bond acceptors (Lipinski definition) is 1. The second-order valence-corrected chi connectivity index (χ2v) is 3.87. The standard InChI is InChI=1S/C7H11BrS/c1-3-4-5-9-6-7(2)8/h3H,1-2,4-6H2. The minimum atomic E-state index is 1.01. The van der Waals surface area contributed by atoms with Crippen LogP contribution < -0.4 is 0 Å². The van der Waals surface area contributed by atoms with Gasteiger partial charge in [0.25, 0.3) is 0 Å². The Labute approximate surface area is 69.5 Å². The molecule has 2 heteroatoms. The van der Waals surface area contributed by atoms with E-state index in [1.807, 2.05) is 17.8 Å². The summed E-state index contributed by atoms with van der Waals surface area (Å²) in [5.74, 6) is 2.15. The maximum atomic E-state index is 3.72. The molecule has 0 saturated carbocycles. The van der Waals surface area contributed by atoms with Gasteiger partial charge in [0.1, 0.15) is 0 Å². The van der Waals surface area contributed by atoms with Gasteiger partial charge in [0.15, 0.2) is 0 Å². The van der Waals surface area contributed by atoms with E-state index in [4.69, 9.17) is 0 Å². The van der Waals surface area contributed by atoms with Crippen LogP contribution in [-0.2, 0) is 0 Å². The summed E-state index contributed by atoms with van der Waals surface area (Å²) in [6, 6.07) is 0. The van der Waals surface area contributed by atoms with Crippen molar-refractivity contribution in [3.05, 3.63) is 23.7 Å². The lowest BCUT2D eigenvalue weighted by molar-refractivity contribution is 1.25. The van der Waals surface area contributed by atoms with Crippen LogP contribution in [0.2, 0.25) is 0 Å².